The average Bonchev–Trinajstić information content (AvgIpc) is 3.59. The molecule has 2 bridgehead atoms. The van der Waals surface area contributed by atoms with Gasteiger partial charge >= 0.3 is 0 Å². The second kappa shape index (κ2) is 10.9. The number of hydrogen-bond donors (Lipinski definition) is 2. The fourth-order valence-electron chi connectivity index (χ4n) is 7.19. The van der Waals surface area contributed by atoms with E-state index < -0.39 is 29.6 Å². The van der Waals surface area contributed by atoms with Crippen LogP contribution in [0.3, 0.4) is 0 Å². The molecule has 3 heterocycles. The molecule has 7 atom stereocenters. The van der Waals surface area contributed by atoms with Crippen molar-refractivity contribution in [3.63, 3.8) is 0 Å². The van der Waals surface area contributed by atoms with Crippen LogP contribution in [0.4, 0.5) is 5.69 Å². The Labute approximate surface area is 246 Å². The van der Waals surface area contributed by atoms with Crippen LogP contribution in [0.15, 0.2) is 60.7 Å². The third-order valence-corrected chi connectivity index (χ3v) is 9.73. The predicted molar refractivity (Wildman–Crippen MR) is 158 cm³/mol. The van der Waals surface area contributed by atoms with Gasteiger partial charge in [0.05, 0.1) is 17.9 Å². The van der Waals surface area contributed by atoms with Crippen molar-refractivity contribution < 1.29 is 19.1 Å². The first-order valence-electron chi connectivity index (χ1n) is 14.8. The van der Waals surface area contributed by atoms with Crippen LogP contribution in [0, 0.1) is 17.8 Å². The minimum Gasteiger partial charge on any atom is -0.359 e. The van der Waals surface area contributed by atoms with Crippen molar-refractivity contribution in [2.24, 2.45) is 17.8 Å². The summed E-state index contributed by atoms with van der Waals surface area (Å²) in [6, 6.07) is 14.2. The maximum absolute atomic E-state index is 14.2. The molecule has 0 aromatic heterocycles. The third kappa shape index (κ3) is 4.97. The van der Waals surface area contributed by atoms with Crippen LogP contribution in [-0.2, 0) is 25.7 Å². The number of fused-ring (bicyclic) bond motifs is 1. The van der Waals surface area contributed by atoms with Crippen LogP contribution in [0.5, 0.6) is 0 Å². The molecule has 4 aliphatic rings. The predicted octanol–water partition coefficient (Wildman–Crippen LogP) is 5.45. The number of carbonyl (C=O) groups excluding carboxylic acids is 3. The van der Waals surface area contributed by atoms with Crippen molar-refractivity contribution in [3.8, 4) is 0 Å². The Morgan fingerprint density at radius 3 is 2.44 bits per heavy atom. The molecule has 2 saturated heterocycles. The summed E-state index contributed by atoms with van der Waals surface area (Å²) in [7, 11) is 0. The monoisotopic (exact) mass is 575 g/mol. The first kappa shape index (κ1) is 28.0. The van der Waals surface area contributed by atoms with Gasteiger partial charge in [-0.25, -0.2) is 0 Å². The summed E-state index contributed by atoms with van der Waals surface area (Å²) < 4.78 is 6.50. The fourth-order valence-corrected chi connectivity index (χ4v) is 7.32. The number of ether oxygens (including phenoxy) is 1. The number of amides is 3. The summed E-state index contributed by atoms with van der Waals surface area (Å²) in [5.41, 5.74) is 1.51. The van der Waals surface area contributed by atoms with Crippen molar-refractivity contribution in [2.45, 2.75) is 82.7 Å². The molecule has 2 aromatic carbocycles. The maximum atomic E-state index is 14.2. The van der Waals surface area contributed by atoms with E-state index in [4.69, 9.17) is 16.3 Å². The Bertz CT molecular complexity index is 1360. The van der Waals surface area contributed by atoms with Gasteiger partial charge in [0, 0.05) is 23.3 Å². The van der Waals surface area contributed by atoms with Crippen LogP contribution < -0.4 is 10.6 Å². The second-order valence-corrected chi connectivity index (χ2v) is 12.9. The highest BCUT2D eigenvalue weighted by Gasteiger charge is 2.72. The lowest BCUT2D eigenvalue weighted by Crippen LogP contribution is -2.57. The van der Waals surface area contributed by atoms with Gasteiger partial charge in [0.15, 0.2) is 0 Å². The molecule has 1 aliphatic carbocycles. The van der Waals surface area contributed by atoms with Crippen LogP contribution in [0.1, 0.15) is 63.5 Å². The summed E-state index contributed by atoms with van der Waals surface area (Å²) in [5.74, 6) is -1.52. The summed E-state index contributed by atoms with van der Waals surface area (Å²) in [5, 5.41) is 6.89. The molecule has 7 nitrogen and oxygen atoms in total. The largest absolute Gasteiger partial charge is 0.359 e. The van der Waals surface area contributed by atoms with Gasteiger partial charge in [-0.1, -0.05) is 81.6 Å². The Hall–Kier alpha value is -3.16. The quantitative estimate of drug-likeness (QED) is 0.430. The maximum Gasteiger partial charge on any atom is 0.246 e. The smallest absolute Gasteiger partial charge is 0.246 e. The summed E-state index contributed by atoms with van der Waals surface area (Å²) in [6.07, 6.45) is 7.36. The first-order chi connectivity index (χ1) is 19.7. The van der Waals surface area contributed by atoms with E-state index in [1.54, 1.807) is 17.0 Å². The average molecular weight is 576 g/mol. The zero-order chi connectivity index (χ0) is 28.9. The standard InChI is InChI=1S/C33H38ClN3O4/c1-19(2)22-10-14-24(15-11-22)35-30(38)27-26-16-17-33(41-26)28(27)32(40)37(18-21-8-12-23(34)13-9-21)29(33)31(39)36-25-7-5-4-6-20(25)3/h8-17,19-20,25-29H,4-7,18H2,1-3H3,(H,35,38)(H,36,39)/t20-,25+,26-,27+,28-,29-,33-/m0/s1. The first-order valence-corrected chi connectivity index (χ1v) is 15.2. The van der Waals surface area contributed by atoms with E-state index >= 15 is 0 Å². The number of halogens is 1. The zero-order valence-electron chi connectivity index (χ0n) is 23.8. The summed E-state index contributed by atoms with van der Waals surface area (Å²) in [6.45, 7) is 6.63. The highest BCUT2D eigenvalue weighted by molar-refractivity contribution is 6.30. The number of rotatable bonds is 7. The molecule has 3 fully saturated rings. The molecule has 3 amide bonds. The normalized spacial score (nSPS) is 31.9. The van der Waals surface area contributed by atoms with Gasteiger partial charge in [0.1, 0.15) is 11.6 Å². The molecule has 3 aliphatic heterocycles. The van der Waals surface area contributed by atoms with Crippen molar-refractivity contribution in [2.75, 3.05) is 5.32 Å². The summed E-state index contributed by atoms with van der Waals surface area (Å²) in [4.78, 5) is 43.7. The van der Waals surface area contributed by atoms with E-state index in [2.05, 4.69) is 31.4 Å². The number of anilines is 1. The SMILES string of the molecule is CC(C)c1ccc(NC(=O)[C@@H]2[C@@H]3C=C[C@]4(O3)[C@@H]2C(=O)N(Cc2ccc(Cl)cc2)[C@H]4C(=O)N[C@@H]2CCCC[C@@H]2C)cc1. The molecule has 41 heavy (non-hydrogen) atoms. The molecule has 6 rings (SSSR count). The minimum atomic E-state index is -1.19. The molecule has 2 aromatic rings. The molecule has 2 N–H and O–H groups in total. The van der Waals surface area contributed by atoms with Crippen LogP contribution >= 0.6 is 11.6 Å². The van der Waals surface area contributed by atoms with Crippen molar-refractivity contribution in [1.29, 1.82) is 0 Å². The lowest BCUT2D eigenvalue weighted by Gasteiger charge is -2.36. The van der Waals surface area contributed by atoms with E-state index in [1.807, 2.05) is 48.6 Å². The van der Waals surface area contributed by atoms with Crippen LogP contribution in [0.2, 0.25) is 5.02 Å². The van der Waals surface area contributed by atoms with E-state index in [9.17, 15) is 14.4 Å². The number of benzene rings is 2. The lowest BCUT2D eigenvalue weighted by molar-refractivity contribution is -0.142. The molecule has 0 radical (unpaired) electrons. The highest BCUT2D eigenvalue weighted by atomic mass is 35.5. The van der Waals surface area contributed by atoms with Gasteiger partial charge in [0.2, 0.25) is 17.7 Å². The Balaban J connectivity index is 1.30. The zero-order valence-corrected chi connectivity index (χ0v) is 24.6. The van der Waals surface area contributed by atoms with Gasteiger partial charge in [0.25, 0.3) is 0 Å². The Kier molecular flexibility index (Phi) is 7.45. The molecule has 1 spiro atoms. The van der Waals surface area contributed by atoms with Crippen molar-refractivity contribution >= 4 is 35.0 Å². The number of nitrogens with zero attached hydrogens (tertiary/aromatic N) is 1. The van der Waals surface area contributed by atoms with Gasteiger partial charge in [-0.3, -0.25) is 14.4 Å². The Morgan fingerprint density at radius 1 is 1.05 bits per heavy atom. The molecule has 8 heteroatoms. The summed E-state index contributed by atoms with van der Waals surface area (Å²) >= 11 is 6.11. The lowest BCUT2D eigenvalue weighted by atomic mass is 9.74. The van der Waals surface area contributed by atoms with Crippen molar-refractivity contribution in [3.05, 3.63) is 76.8 Å². The fraction of sp³-hybridized carbons (Fsp3) is 0.485. The number of hydrogen-bond acceptors (Lipinski definition) is 4. The van der Waals surface area contributed by atoms with E-state index in [1.165, 1.54) is 5.56 Å². The molecule has 216 valence electrons. The number of carbonyl (C=O) groups is 3. The minimum absolute atomic E-state index is 0.0506. The van der Waals surface area contributed by atoms with Crippen LogP contribution in [-0.4, -0.2) is 46.4 Å². The van der Waals surface area contributed by atoms with Gasteiger partial charge in [-0.05, 0) is 60.1 Å². The number of nitrogens with one attached hydrogen (secondary N) is 2. The van der Waals surface area contributed by atoms with Gasteiger partial charge in [-0.15, -0.1) is 0 Å². The third-order valence-electron chi connectivity index (χ3n) is 9.48. The molecule has 1 saturated carbocycles. The van der Waals surface area contributed by atoms with E-state index in [0.717, 1.165) is 31.2 Å². The Morgan fingerprint density at radius 2 is 1.76 bits per heavy atom. The van der Waals surface area contributed by atoms with Gasteiger partial charge in [-0.2, -0.15) is 0 Å². The highest BCUT2D eigenvalue weighted by Crippen LogP contribution is 2.55. The molecular formula is C33H38ClN3O4. The number of likely N-dealkylation sites (tertiary alicyclic amines) is 1. The van der Waals surface area contributed by atoms with Crippen molar-refractivity contribution in [1.82, 2.24) is 10.2 Å². The second-order valence-electron chi connectivity index (χ2n) is 12.4. The molecular weight excluding hydrogens is 538 g/mol. The topological polar surface area (TPSA) is 87.7 Å². The van der Waals surface area contributed by atoms with E-state index in [0.29, 0.717) is 22.5 Å². The van der Waals surface area contributed by atoms with E-state index in [-0.39, 0.29) is 30.3 Å². The molecule has 0 unspecified atom stereocenters. The van der Waals surface area contributed by atoms with Gasteiger partial charge < -0.3 is 20.3 Å². The van der Waals surface area contributed by atoms with Crippen LogP contribution in [0.25, 0.3) is 0 Å².